The van der Waals surface area contributed by atoms with Crippen LogP contribution in [0, 0.1) is 6.92 Å². The Morgan fingerprint density at radius 1 is 0.857 bits per heavy atom. The number of carbonyl (C=O) groups excluding carboxylic acids is 2. The van der Waals surface area contributed by atoms with Crippen molar-refractivity contribution in [2.75, 3.05) is 41.0 Å². The second kappa shape index (κ2) is 14.4. The number of carbonyl (C=O) groups is 2. The van der Waals surface area contributed by atoms with Crippen molar-refractivity contribution in [1.29, 1.82) is 0 Å². The zero-order valence-corrected chi connectivity index (χ0v) is 25.2. The van der Waals surface area contributed by atoms with Gasteiger partial charge in [-0.3, -0.25) is 9.59 Å². The lowest BCUT2D eigenvalue weighted by Crippen LogP contribution is -2.43. The van der Waals surface area contributed by atoms with Crippen molar-refractivity contribution in [3.8, 4) is 17.2 Å². The van der Waals surface area contributed by atoms with Crippen LogP contribution in [0.2, 0.25) is 0 Å². The molecule has 0 unspecified atom stereocenters. The highest BCUT2D eigenvalue weighted by molar-refractivity contribution is 5.97. The molecule has 0 saturated heterocycles. The zero-order chi connectivity index (χ0) is 30.1. The third-order valence-corrected chi connectivity index (χ3v) is 7.48. The quantitative estimate of drug-likeness (QED) is 0.200. The van der Waals surface area contributed by atoms with E-state index in [4.69, 9.17) is 14.2 Å². The van der Waals surface area contributed by atoms with Crippen LogP contribution in [0.15, 0.2) is 66.9 Å². The van der Waals surface area contributed by atoms with Crippen molar-refractivity contribution in [2.45, 2.75) is 39.7 Å². The van der Waals surface area contributed by atoms with Crippen molar-refractivity contribution in [3.05, 3.63) is 89.1 Å². The number of amides is 2. The van der Waals surface area contributed by atoms with E-state index < -0.39 is 0 Å². The minimum atomic E-state index is -0.261. The number of unbranched alkanes of at least 4 members (excludes halogenated alkanes) is 1. The largest absolute Gasteiger partial charge is 0.493 e. The molecule has 0 spiro atoms. The van der Waals surface area contributed by atoms with Gasteiger partial charge in [0.25, 0.3) is 5.91 Å². The van der Waals surface area contributed by atoms with Gasteiger partial charge in [0.1, 0.15) is 6.54 Å². The highest BCUT2D eigenvalue weighted by Gasteiger charge is 2.25. The van der Waals surface area contributed by atoms with Crippen LogP contribution in [0.3, 0.4) is 0 Å². The van der Waals surface area contributed by atoms with Crippen LogP contribution in [0.1, 0.15) is 46.8 Å². The van der Waals surface area contributed by atoms with Crippen LogP contribution in [0.25, 0.3) is 10.9 Å². The number of aryl methyl sites for hydroxylation is 1. The lowest BCUT2D eigenvalue weighted by Gasteiger charge is -2.28. The Bertz CT molecular complexity index is 1470. The molecule has 3 aromatic carbocycles. The lowest BCUT2D eigenvalue weighted by atomic mass is 10.1. The predicted octanol–water partition coefficient (Wildman–Crippen LogP) is 6.02. The van der Waals surface area contributed by atoms with Gasteiger partial charge < -0.3 is 29.0 Å². The van der Waals surface area contributed by atoms with Gasteiger partial charge in [-0.1, -0.05) is 61.4 Å². The summed E-state index contributed by atoms with van der Waals surface area (Å²) in [4.78, 5) is 34.6. The normalized spacial score (nSPS) is 10.9. The number of ether oxygens (including phenoxy) is 3. The Hall–Kier alpha value is -4.46. The fraction of sp³-hybridized carbons (Fsp3) is 0.353. The Morgan fingerprint density at radius 3 is 2.19 bits per heavy atom. The topological polar surface area (TPSA) is 84.1 Å². The van der Waals surface area contributed by atoms with E-state index in [1.807, 2.05) is 30.2 Å². The molecule has 0 atom stereocenters. The van der Waals surface area contributed by atoms with E-state index in [1.165, 1.54) is 21.3 Å². The number of H-pyrrole nitrogens is 1. The third-order valence-electron chi connectivity index (χ3n) is 7.48. The van der Waals surface area contributed by atoms with Gasteiger partial charge in [0, 0.05) is 42.3 Å². The minimum absolute atomic E-state index is 0.0325. The van der Waals surface area contributed by atoms with Gasteiger partial charge in [-0.15, -0.1) is 0 Å². The molecule has 0 aliphatic rings. The van der Waals surface area contributed by atoms with Crippen molar-refractivity contribution in [1.82, 2.24) is 14.8 Å². The molecule has 8 nitrogen and oxygen atoms in total. The van der Waals surface area contributed by atoms with Gasteiger partial charge in [0.15, 0.2) is 11.5 Å². The monoisotopic (exact) mass is 571 g/mol. The smallest absolute Gasteiger partial charge is 0.254 e. The first-order valence-corrected chi connectivity index (χ1v) is 14.4. The van der Waals surface area contributed by atoms with E-state index in [0.29, 0.717) is 48.9 Å². The lowest BCUT2D eigenvalue weighted by molar-refractivity contribution is -0.132. The molecule has 0 aliphatic heterocycles. The van der Waals surface area contributed by atoms with Gasteiger partial charge in [0.05, 0.1) is 21.3 Å². The number of benzene rings is 3. The molecular formula is C34H41N3O5. The van der Waals surface area contributed by atoms with E-state index in [2.05, 4.69) is 48.3 Å². The van der Waals surface area contributed by atoms with E-state index in [-0.39, 0.29) is 18.4 Å². The number of methoxy groups -OCH3 is 3. The van der Waals surface area contributed by atoms with Crippen LogP contribution in [-0.4, -0.2) is 67.6 Å². The van der Waals surface area contributed by atoms with Crippen molar-refractivity contribution in [3.63, 3.8) is 0 Å². The molecule has 0 saturated carbocycles. The average molecular weight is 572 g/mol. The summed E-state index contributed by atoms with van der Waals surface area (Å²) < 4.78 is 16.4. The van der Waals surface area contributed by atoms with Gasteiger partial charge in [0.2, 0.25) is 11.7 Å². The summed E-state index contributed by atoms with van der Waals surface area (Å²) in [7, 11) is 4.55. The van der Waals surface area contributed by atoms with Crippen LogP contribution < -0.4 is 14.2 Å². The van der Waals surface area contributed by atoms with E-state index in [9.17, 15) is 9.59 Å². The number of hydrogen-bond donors (Lipinski definition) is 1. The molecule has 0 radical (unpaired) electrons. The third kappa shape index (κ3) is 7.24. The molecule has 1 aromatic heterocycles. The number of aromatic nitrogens is 1. The van der Waals surface area contributed by atoms with Crippen LogP contribution in [0.5, 0.6) is 17.2 Å². The summed E-state index contributed by atoms with van der Waals surface area (Å²) in [5.41, 5.74) is 4.81. The van der Waals surface area contributed by atoms with Gasteiger partial charge >= 0.3 is 0 Å². The maximum absolute atomic E-state index is 13.9. The first kappa shape index (κ1) is 30.5. The molecule has 0 aliphatic carbocycles. The second-order valence-electron chi connectivity index (χ2n) is 10.4. The van der Waals surface area contributed by atoms with E-state index in [1.54, 1.807) is 17.0 Å². The second-order valence-corrected chi connectivity index (χ2v) is 10.4. The van der Waals surface area contributed by atoms with Crippen LogP contribution in [0.4, 0.5) is 0 Å². The molecule has 0 bridgehead atoms. The fourth-order valence-electron chi connectivity index (χ4n) is 5.05. The van der Waals surface area contributed by atoms with Crippen LogP contribution >= 0.6 is 0 Å². The molecule has 222 valence electrons. The standard InChI is InChI=1S/C34H41N3O5/c1-6-7-17-37(34(39)27-19-30(40-3)33(42-5)31(20-27)41-4)23-32(38)36(22-25-14-12-24(2)13-15-25)18-16-26-21-35-29-11-9-8-10-28(26)29/h8-15,19-21,35H,6-7,16-18,22-23H2,1-5H3. The maximum Gasteiger partial charge on any atom is 0.254 e. The number of para-hydroxylation sites is 1. The number of aromatic amines is 1. The Morgan fingerprint density at radius 2 is 1.55 bits per heavy atom. The minimum Gasteiger partial charge on any atom is -0.493 e. The van der Waals surface area contributed by atoms with Crippen molar-refractivity contribution >= 4 is 22.7 Å². The van der Waals surface area contributed by atoms with E-state index >= 15 is 0 Å². The highest BCUT2D eigenvalue weighted by atomic mass is 16.5. The number of rotatable bonds is 14. The summed E-state index contributed by atoms with van der Waals surface area (Å²) in [5, 5.41) is 1.15. The maximum atomic E-state index is 13.9. The molecule has 8 heteroatoms. The summed E-state index contributed by atoms with van der Waals surface area (Å²) in [6, 6.07) is 19.7. The first-order valence-electron chi connectivity index (χ1n) is 14.4. The highest BCUT2D eigenvalue weighted by Crippen LogP contribution is 2.38. The molecular weight excluding hydrogens is 530 g/mol. The average Bonchev–Trinajstić information content (AvgIpc) is 3.43. The zero-order valence-electron chi connectivity index (χ0n) is 25.2. The Kier molecular flexibility index (Phi) is 10.5. The SMILES string of the molecule is CCCCN(CC(=O)N(CCc1c[nH]c2ccccc12)Cc1ccc(C)cc1)C(=O)c1cc(OC)c(OC)c(OC)c1. The summed E-state index contributed by atoms with van der Waals surface area (Å²) >= 11 is 0. The summed E-state index contributed by atoms with van der Waals surface area (Å²) in [6.45, 7) is 5.52. The molecule has 0 fully saturated rings. The van der Waals surface area contributed by atoms with Gasteiger partial charge in [-0.05, 0) is 49.1 Å². The number of nitrogens with zero attached hydrogens (tertiary/aromatic N) is 2. The fourth-order valence-corrected chi connectivity index (χ4v) is 5.05. The van der Waals surface area contributed by atoms with Crippen LogP contribution in [-0.2, 0) is 17.8 Å². The van der Waals surface area contributed by atoms with E-state index in [0.717, 1.165) is 40.4 Å². The molecule has 4 aromatic rings. The predicted molar refractivity (Wildman–Crippen MR) is 166 cm³/mol. The number of fused-ring (bicyclic) bond motifs is 1. The molecule has 4 rings (SSSR count). The molecule has 1 N–H and O–H groups in total. The number of hydrogen-bond acceptors (Lipinski definition) is 5. The summed E-state index contributed by atoms with van der Waals surface area (Å²) in [5.74, 6) is 0.827. The van der Waals surface area contributed by atoms with Gasteiger partial charge in [-0.25, -0.2) is 0 Å². The Labute approximate surface area is 248 Å². The number of nitrogens with one attached hydrogen (secondary N) is 1. The molecule has 42 heavy (non-hydrogen) atoms. The summed E-state index contributed by atoms with van der Waals surface area (Å²) in [6.07, 6.45) is 4.37. The molecule has 2 amide bonds. The van der Waals surface area contributed by atoms with Gasteiger partial charge in [-0.2, -0.15) is 0 Å². The van der Waals surface area contributed by atoms with Crippen molar-refractivity contribution in [2.24, 2.45) is 0 Å². The first-order chi connectivity index (χ1) is 20.4. The Balaban J connectivity index is 1.59. The van der Waals surface area contributed by atoms with Crippen molar-refractivity contribution < 1.29 is 23.8 Å². The molecule has 1 heterocycles.